The molecule has 5 nitrogen and oxygen atoms in total. The zero-order valence-electron chi connectivity index (χ0n) is 12.7. The second-order valence-corrected chi connectivity index (χ2v) is 6.09. The van der Waals surface area contributed by atoms with Crippen LogP contribution in [0.1, 0.15) is 36.8 Å². The first-order valence-electron chi connectivity index (χ1n) is 7.10. The quantitative estimate of drug-likeness (QED) is 0.636. The van der Waals surface area contributed by atoms with E-state index in [1.165, 1.54) is 0 Å². The molecule has 0 amide bonds. The smallest absolute Gasteiger partial charge is 0.138 e. The standard InChI is InChI=1S/C15H22ClN5/c1-10(2)8-21-15(18-9-19-21)7-14(20-17)12-5-4-11(3)13(16)6-12/h4-6,9-10,14,20H,7-8,17H2,1-3H3. The van der Waals surface area contributed by atoms with Gasteiger partial charge >= 0.3 is 0 Å². The van der Waals surface area contributed by atoms with Gasteiger partial charge in [0, 0.05) is 18.0 Å². The van der Waals surface area contributed by atoms with Gasteiger partial charge in [0.2, 0.25) is 0 Å². The third kappa shape index (κ3) is 4.03. The SMILES string of the molecule is Cc1ccc(C(Cc2ncnn2CC(C)C)NN)cc1Cl. The molecule has 0 bridgehead atoms. The molecular formula is C15H22ClN5. The second-order valence-electron chi connectivity index (χ2n) is 5.68. The summed E-state index contributed by atoms with van der Waals surface area (Å²) in [7, 11) is 0. The predicted molar refractivity (Wildman–Crippen MR) is 84.8 cm³/mol. The van der Waals surface area contributed by atoms with Crippen LogP contribution >= 0.6 is 11.6 Å². The Kier molecular flexibility index (Phi) is 5.33. The van der Waals surface area contributed by atoms with Crippen LogP contribution in [0.3, 0.4) is 0 Å². The maximum atomic E-state index is 6.20. The summed E-state index contributed by atoms with van der Waals surface area (Å²) in [4.78, 5) is 4.35. The van der Waals surface area contributed by atoms with E-state index in [1.54, 1.807) is 6.33 Å². The fraction of sp³-hybridized carbons (Fsp3) is 0.467. The summed E-state index contributed by atoms with van der Waals surface area (Å²) in [5.74, 6) is 7.15. The molecule has 3 N–H and O–H groups in total. The number of rotatable bonds is 6. The monoisotopic (exact) mass is 307 g/mol. The molecule has 2 aromatic rings. The van der Waals surface area contributed by atoms with Gasteiger partial charge in [-0.2, -0.15) is 5.10 Å². The number of halogens is 1. The molecule has 0 aliphatic rings. The number of aromatic nitrogens is 3. The summed E-state index contributed by atoms with van der Waals surface area (Å²) >= 11 is 6.20. The van der Waals surface area contributed by atoms with Crippen molar-refractivity contribution in [1.82, 2.24) is 20.2 Å². The lowest BCUT2D eigenvalue weighted by molar-refractivity contribution is 0.446. The van der Waals surface area contributed by atoms with Crippen molar-refractivity contribution in [3.8, 4) is 0 Å². The van der Waals surface area contributed by atoms with Gasteiger partial charge in [-0.15, -0.1) is 0 Å². The van der Waals surface area contributed by atoms with Crippen molar-refractivity contribution in [2.24, 2.45) is 11.8 Å². The van der Waals surface area contributed by atoms with E-state index in [9.17, 15) is 0 Å². The summed E-state index contributed by atoms with van der Waals surface area (Å²) in [5.41, 5.74) is 4.95. The van der Waals surface area contributed by atoms with E-state index in [-0.39, 0.29) is 6.04 Å². The number of benzene rings is 1. The average molecular weight is 308 g/mol. The molecule has 6 heteroatoms. The summed E-state index contributed by atoms with van der Waals surface area (Å²) in [6.45, 7) is 7.14. The van der Waals surface area contributed by atoms with Gasteiger partial charge in [-0.1, -0.05) is 37.6 Å². The first kappa shape index (κ1) is 15.9. The van der Waals surface area contributed by atoms with Crippen LogP contribution in [0, 0.1) is 12.8 Å². The molecule has 1 heterocycles. The van der Waals surface area contributed by atoms with Gasteiger partial charge in [-0.05, 0) is 30.0 Å². The van der Waals surface area contributed by atoms with E-state index in [0.29, 0.717) is 12.3 Å². The van der Waals surface area contributed by atoms with Crippen molar-refractivity contribution in [2.45, 2.75) is 39.8 Å². The average Bonchev–Trinajstić information content (AvgIpc) is 2.85. The summed E-state index contributed by atoms with van der Waals surface area (Å²) in [6.07, 6.45) is 2.26. The predicted octanol–water partition coefficient (Wildman–Crippen LogP) is 2.64. The molecule has 0 saturated carbocycles. The van der Waals surface area contributed by atoms with E-state index in [4.69, 9.17) is 17.4 Å². The minimum absolute atomic E-state index is 0.0433. The molecule has 0 aliphatic carbocycles. The number of nitrogens with one attached hydrogen (secondary N) is 1. The Morgan fingerprint density at radius 1 is 1.38 bits per heavy atom. The van der Waals surface area contributed by atoms with Crippen LogP contribution in [0.25, 0.3) is 0 Å². The van der Waals surface area contributed by atoms with Gasteiger partial charge in [-0.25, -0.2) is 9.67 Å². The van der Waals surface area contributed by atoms with Crippen molar-refractivity contribution in [1.29, 1.82) is 0 Å². The van der Waals surface area contributed by atoms with Gasteiger partial charge in [0.25, 0.3) is 0 Å². The lowest BCUT2D eigenvalue weighted by Gasteiger charge is -2.17. The molecule has 1 aromatic carbocycles. The number of nitrogens with two attached hydrogens (primary N) is 1. The van der Waals surface area contributed by atoms with Crippen LogP contribution in [0.5, 0.6) is 0 Å². The Balaban J connectivity index is 2.19. The molecule has 0 spiro atoms. The highest BCUT2D eigenvalue weighted by molar-refractivity contribution is 6.31. The molecule has 0 radical (unpaired) electrons. The fourth-order valence-electron chi connectivity index (χ4n) is 2.23. The highest BCUT2D eigenvalue weighted by Gasteiger charge is 2.16. The third-order valence-electron chi connectivity index (χ3n) is 3.42. The first-order chi connectivity index (χ1) is 10.0. The lowest BCUT2D eigenvalue weighted by Crippen LogP contribution is -2.30. The maximum Gasteiger partial charge on any atom is 0.138 e. The normalized spacial score (nSPS) is 12.9. The van der Waals surface area contributed by atoms with Crippen molar-refractivity contribution < 1.29 is 0 Å². The van der Waals surface area contributed by atoms with Crippen molar-refractivity contribution in [3.63, 3.8) is 0 Å². The molecule has 1 aromatic heterocycles. The Bertz CT molecular complexity index is 593. The lowest BCUT2D eigenvalue weighted by atomic mass is 10.0. The highest BCUT2D eigenvalue weighted by Crippen LogP contribution is 2.23. The van der Waals surface area contributed by atoms with E-state index < -0.39 is 0 Å². The zero-order valence-corrected chi connectivity index (χ0v) is 13.4. The van der Waals surface area contributed by atoms with Crippen molar-refractivity contribution in [2.75, 3.05) is 0 Å². The van der Waals surface area contributed by atoms with Gasteiger partial charge in [0.05, 0.1) is 6.04 Å². The molecule has 0 fully saturated rings. The maximum absolute atomic E-state index is 6.20. The van der Waals surface area contributed by atoms with Crippen LogP contribution in [-0.2, 0) is 13.0 Å². The molecule has 2 rings (SSSR count). The molecule has 21 heavy (non-hydrogen) atoms. The number of hydrazine groups is 1. The number of nitrogens with zero attached hydrogens (tertiary/aromatic N) is 3. The minimum Gasteiger partial charge on any atom is -0.271 e. The Morgan fingerprint density at radius 3 is 2.76 bits per heavy atom. The van der Waals surface area contributed by atoms with Gasteiger partial charge in [-0.3, -0.25) is 11.3 Å². The van der Waals surface area contributed by atoms with E-state index in [2.05, 4.69) is 29.4 Å². The first-order valence-corrected chi connectivity index (χ1v) is 7.48. The van der Waals surface area contributed by atoms with E-state index in [1.807, 2.05) is 29.8 Å². The third-order valence-corrected chi connectivity index (χ3v) is 3.83. The van der Waals surface area contributed by atoms with Crippen LogP contribution < -0.4 is 11.3 Å². The number of hydrogen-bond donors (Lipinski definition) is 2. The fourth-order valence-corrected chi connectivity index (χ4v) is 2.41. The Labute approximate surface area is 130 Å². The Hall–Kier alpha value is -1.43. The Morgan fingerprint density at radius 2 is 2.14 bits per heavy atom. The largest absolute Gasteiger partial charge is 0.271 e. The van der Waals surface area contributed by atoms with Gasteiger partial charge in [0.1, 0.15) is 12.2 Å². The van der Waals surface area contributed by atoms with Gasteiger partial charge < -0.3 is 0 Å². The van der Waals surface area contributed by atoms with Crippen LogP contribution in [-0.4, -0.2) is 14.8 Å². The molecular weight excluding hydrogens is 286 g/mol. The van der Waals surface area contributed by atoms with Crippen molar-refractivity contribution in [3.05, 3.63) is 46.5 Å². The number of aryl methyl sites for hydroxylation is 1. The zero-order chi connectivity index (χ0) is 15.4. The molecule has 114 valence electrons. The summed E-state index contributed by atoms with van der Waals surface area (Å²) < 4.78 is 1.94. The van der Waals surface area contributed by atoms with E-state index >= 15 is 0 Å². The summed E-state index contributed by atoms with van der Waals surface area (Å²) in [5, 5.41) is 5.03. The highest BCUT2D eigenvalue weighted by atomic mass is 35.5. The van der Waals surface area contributed by atoms with Crippen molar-refractivity contribution >= 4 is 11.6 Å². The second kappa shape index (κ2) is 7.02. The van der Waals surface area contributed by atoms with Crippen LogP contribution in [0.15, 0.2) is 24.5 Å². The molecule has 1 unspecified atom stereocenters. The van der Waals surface area contributed by atoms with Gasteiger partial charge in [0.15, 0.2) is 0 Å². The summed E-state index contributed by atoms with van der Waals surface area (Å²) in [6, 6.07) is 5.94. The van der Waals surface area contributed by atoms with Crippen LogP contribution in [0.4, 0.5) is 0 Å². The minimum atomic E-state index is -0.0433. The van der Waals surface area contributed by atoms with E-state index in [0.717, 1.165) is 28.5 Å². The molecule has 1 atom stereocenters. The topological polar surface area (TPSA) is 68.8 Å². The number of hydrogen-bond acceptors (Lipinski definition) is 4. The molecule has 0 saturated heterocycles. The van der Waals surface area contributed by atoms with Crippen LogP contribution in [0.2, 0.25) is 5.02 Å². The molecule has 0 aliphatic heterocycles.